The molecule has 2 rings (SSSR count). The summed E-state index contributed by atoms with van der Waals surface area (Å²) < 4.78 is 0. The van der Waals surface area contributed by atoms with E-state index in [0.717, 1.165) is 5.56 Å². The van der Waals surface area contributed by atoms with Gasteiger partial charge in [0, 0.05) is 23.5 Å². The minimum Gasteiger partial charge on any atom is -0.267 e. The highest BCUT2D eigenvalue weighted by Gasteiger charge is 2.01. The van der Waals surface area contributed by atoms with E-state index in [2.05, 4.69) is 15.5 Å². The Kier molecular flexibility index (Phi) is 3.40. The molecule has 0 aliphatic carbocycles. The molecular formula is C11H9N3OS. The first kappa shape index (κ1) is 10.5. The van der Waals surface area contributed by atoms with Crippen LogP contribution in [0.3, 0.4) is 0 Å². The molecule has 0 aliphatic rings. The maximum atomic E-state index is 11.5. The molecule has 0 radical (unpaired) electrons. The van der Waals surface area contributed by atoms with Gasteiger partial charge < -0.3 is 0 Å². The number of carbonyl (C=O) groups excluding carboxylic acids is 1. The van der Waals surface area contributed by atoms with Crippen molar-refractivity contribution in [3.05, 3.63) is 52.5 Å². The largest absolute Gasteiger partial charge is 0.271 e. The second kappa shape index (κ2) is 5.18. The summed E-state index contributed by atoms with van der Waals surface area (Å²) in [5.74, 6) is -0.242. The van der Waals surface area contributed by atoms with Crippen molar-refractivity contribution in [3.63, 3.8) is 0 Å². The van der Waals surface area contributed by atoms with Gasteiger partial charge in [-0.2, -0.15) is 16.4 Å². The highest BCUT2D eigenvalue weighted by atomic mass is 32.1. The van der Waals surface area contributed by atoms with Gasteiger partial charge in [-0.25, -0.2) is 5.43 Å². The Morgan fingerprint density at radius 1 is 1.38 bits per heavy atom. The van der Waals surface area contributed by atoms with Crippen molar-refractivity contribution in [2.45, 2.75) is 0 Å². The number of hydrogen-bond donors (Lipinski definition) is 1. The molecule has 2 aromatic rings. The van der Waals surface area contributed by atoms with Gasteiger partial charge in [0.25, 0.3) is 5.91 Å². The van der Waals surface area contributed by atoms with Crippen LogP contribution in [-0.4, -0.2) is 17.1 Å². The first-order valence-corrected chi connectivity index (χ1v) is 5.56. The number of amides is 1. The fourth-order valence-electron chi connectivity index (χ4n) is 1.08. The van der Waals surface area contributed by atoms with E-state index >= 15 is 0 Å². The Morgan fingerprint density at radius 3 is 2.88 bits per heavy atom. The van der Waals surface area contributed by atoms with Crippen LogP contribution in [0.2, 0.25) is 0 Å². The third-order valence-corrected chi connectivity index (χ3v) is 2.57. The molecule has 16 heavy (non-hydrogen) atoms. The first-order chi connectivity index (χ1) is 7.86. The first-order valence-electron chi connectivity index (χ1n) is 4.62. The van der Waals surface area contributed by atoms with Gasteiger partial charge in [-0.05, 0) is 29.0 Å². The maximum Gasteiger partial charge on any atom is 0.271 e. The molecule has 1 amide bonds. The molecule has 0 bridgehead atoms. The van der Waals surface area contributed by atoms with E-state index in [1.807, 2.05) is 16.8 Å². The van der Waals surface area contributed by atoms with E-state index in [1.54, 1.807) is 42.1 Å². The van der Waals surface area contributed by atoms with E-state index in [4.69, 9.17) is 0 Å². The number of hydrogen-bond acceptors (Lipinski definition) is 4. The molecule has 0 spiro atoms. The molecule has 0 atom stereocenters. The number of nitrogens with zero attached hydrogens (tertiary/aromatic N) is 2. The molecular weight excluding hydrogens is 222 g/mol. The standard InChI is InChI=1S/C11H9N3OS/c15-11(10-1-4-12-5-2-10)14-13-7-9-3-6-16-8-9/h1-8H,(H,14,15). The average Bonchev–Trinajstić information content (AvgIpc) is 2.83. The maximum absolute atomic E-state index is 11.5. The molecule has 4 nitrogen and oxygen atoms in total. The molecule has 5 heteroatoms. The van der Waals surface area contributed by atoms with E-state index < -0.39 is 0 Å². The van der Waals surface area contributed by atoms with Crippen LogP contribution in [0.5, 0.6) is 0 Å². The highest BCUT2D eigenvalue weighted by molar-refractivity contribution is 7.08. The normalized spacial score (nSPS) is 10.5. The number of hydrazone groups is 1. The van der Waals surface area contributed by atoms with Crippen molar-refractivity contribution in [2.24, 2.45) is 5.10 Å². The van der Waals surface area contributed by atoms with Crippen LogP contribution < -0.4 is 5.43 Å². The second-order valence-electron chi connectivity index (χ2n) is 2.99. The van der Waals surface area contributed by atoms with E-state index in [1.165, 1.54) is 0 Å². The van der Waals surface area contributed by atoms with Crippen LogP contribution in [0.1, 0.15) is 15.9 Å². The molecule has 2 aromatic heterocycles. The Labute approximate surface area is 96.7 Å². The topological polar surface area (TPSA) is 54.4 Å². The number of nitrogens with one attached hydrogen (secondary N) is 1. The Balaban J connectivity index is 1.94. The summed E-state index contributed by atoms with van der Waals surface area (Å²) in [6.45, 7) is 0. The van der Waals surface area contributed by atoms with Crippen molar-refractivity contribution in [1.29, 1.82) is 0 Å². The van der Waals surface area contributed by atoms with Crippen molar-refractivity contribution >= 4 is 23.5 Å². The van der Waals surface area contributed by atoms with Crippen molar-refractivity contribution in [3.8, 4) is 0 Å². The number of rotatable bonds is 3. The zero-order valence-corrected chi connectivity index (χ0v) is 9.15. The summed E-state index contributed by atoms with van der Waals surface area (Å²) in [5.41, 5.74) is 3.96. The van der Waals surface area contributed by atoms with Crippen LogP contribution in [0.25, 0.3) is 0 Å². The lowest BCUT2D eigenvalue weighted by Gasteiger charge is -1.97. The van der Waals surface area contributed by atoms with E-state index in [0.29, 0.717) is 5.56 Å². The van der Waals surface area contributed by atoms with Gasteiger partial charge in [-0.1, -0.05) is 0 Å². The number of pyridine rings is 1. The molecule has 0 unspecified atom stereocenters. The lowest BCUT2D eigenvalue weighted by molar-refractivity contribution is 0.0955. The summed E-state index contributed by atoms with van der Waals surface area (Å²) in [7, 11) is 0. The van der Waals surface area contributed by atoms with E-state index in [-0.39, 0.29) is 5.91 Å². The predicted molar refractivity (Wildman–Crippen MR) is 63.6 cm³/mol. The molecule has 0 saturated carbocycles. The second-order valence-corrected chi connectivity index (χ2v) is 3.77. The summed E-state index contributed by atoms with van der Waals surface area (Å²) >= 11 is 1.58. The molecule has 0 fully saturated rings. The predicted octanol–water partition coefficient (Wildman–Crippen LogP) is 1.91. The van der Waals surface area contributed by atoms with Gasteiger partial charge in [0.15, 0.2) is 0 Å². The third-order valence-electron chi connectivity index (χ3n) is 1.87. The van der Waals surface area contributed by atoms with Crippen LogP contribution >= 0.6 is 11.3 Å². The van der Waals surface area contributed by atoms with Crippen LogP contribution in [0.15, 0.2) is 46.5 Å². The minimum absolute atomic E-state index is 0.242. The summed E-state index contributed by atoms with van der Waals surface area (Å²) in [6, 6.07) is 5.19. The van der Waals surface area contributed by atoms with Gasteiger partial charge in [-0.3, -0.25) is 9.78 Å². The minimum atomic E-state index is -0.242. The van der Waals surface area contributed by atoms with Gasteiger partial charge in [0.05, 0.1) is 6.21 Å². The highest BCUT2D eigenvalue weighted by Crippen LogP contribution is 2.02. The monoisotopic (exact) mass is 231 g/mol. The third kappa shape index (κ3) is 2.74. The van der Waals surface area contributed by atoms with Crippen molar-refractivity contribution in [1.82, 2.24) is 10.4 Å². The molecule has 2 heterocycles. The number of thiophene rings is 1. The van der Waals surface area contributed by atoms with E-state index in [9.17, 15) is 4.79 Å². The quantitative estimate of drug-likeness (QED) is 0.648. The molecule has 0 aromatic carbocycles. The van der Waals surface area contributed by atoms with Gasteiger partial charge >= 0.3 is 0 Å². The summed E-state index contributed by atoms with van der Waals surface area (Å²) in [6.07, 6.45) is 4.74. The van der Waals surface area contributed by atoms with Crippen LogP contribution in [0, 0.1) is 0 Å². The molecule has 80 valence electrons. The molecule has 0 aliphatic heterocycles. The molecule has 0 saturated heterocycles. The van der Waals surface area contributed by atoms with Crippen LogP contribution in [0.4, 0.5) is 0 Å². The van der Waals surface area contributed by atoms with Crippen molar-refractivity contribution in [2.75, 3.05) is 0 Å². The summed E-state index contributed by atoms with van der Waals surface area (Å²) in [5, 5.41) is 7.75. The lowest BCUT2D eigenvalue weighted by Crippen LogP contribution is -2.17. The number of carbonyl (C=O) groups is 1. The van der Waals surface area contributed by atoms with Crippen LogP contribution in [-0.2, 0) is 0 Å². The average molecular weight is 231 g/mol. The van der Waals surface area contributed by atoms with Crippen molar-refractivity contribution < 1.29 is 4.79 Å². The Hall–Kier alpha value is -2.01. The Bertz CT molecular complexity index is 479. The smallest absolute Gasteiger partial charge is 0.267 e. The van der Waals surface area contributed by atoms with Gasteiger partial charge in [0.2, 0.25) is 0 Å². The fourth-order valence-corrected chi connectivity index (χ4v) is 1.69. The molecule has 1 N–H and O–H groups in total. The fraction of sp³-hybridized carbons (Fsp3) is 0. The zero-order chi connectivity index (χ0) is 11.2. The lowest BCUT2D eigenvalue weighted by atomic mass is 10.3. The number of aromatic nitrogens is 1. The zero-order valence-electron chi connectivity index (χ0n) is 8.33. The Morgan fingerprint density at radius 2 is 2.19 bits per heavy atom. The van der Waals surface area contributed by atoms with Gasteiger partial charge in [0.1, 0.15) is 0 Å². The van der Waals surface area contributed by atoms with Gasteiger partial charge in [-0.15, -0.1) is 0 Å². The summed E-state index contributed by atoms with van der Waals surface area (Å²) in [4.78, 5) is 15.4. The SMILES string of the molecule is O=C(NN=Cc1ccsc1)c1ccncc1.